The molecule has 1 atom stereocenters. The Kier molecular flexibility index (Phi) is 5.94. The van der Waals surface area contributed by atoms with Gasteiger partial charge in [0.2, 0.25) is 0 Å². The van der Waals surface area contributed by atoms with Crippen LogP contribution in [-0.2, 0) is 0 Å². The van der Waals surface area contributed by atoms with E-state index in [4.69, 9.17) is 11.5 Å². The first-order valence-corrected chi connectivity index (χ1v) is 6.29. The van der Waals surface area contributed by atoms with E-state index in [1.165, 1.54) is 31.2 Å². The van der Waals surface area contributed by atoms with E-state index in [2.05, 4.69) is 19.1 Å². The standard InChI is InChI=1S/C14H24N2/c1-12(7-4-2-3-5-10-15)13-8-6-9-14(16)11-13/h6,8-9,11-12H,2-5,7,10,15-16H2,1H3. The SMILES string of the molecule is CC(CCCCCCN)c1cccc(N)c1. The number of anilines is 1. The molecule has 16 heavy (non-hydrogen) atoms. The summed E-state index contributed by atoms with van der Waals surface area (Å²) >= 11 is 0. The van der Waals surface area contributed by atoms with Gasteiger partial charge in [0.15, 0.2) is 0 Å². The highest BCUT2D eigenvalue weighted by atomic mass is 14.5. The molecule has 0 aliphatic heterocycles. The summed E-state index contributed by atoms with van der Waals surface area (Å²) in [6.45, 7) is 3.10. The molecule has 90 valence electrons. The molecule has 0 saturated carbocycles. The molecule has 0 radical (unpaired) electrons. The van der Waals surface area contributed by atoms with E-state index in [0.29, 0.717) is 5.92 Å². The average Bonchev–Trinajstić information content (AvgIpc) is 2.28. The number of nitrogen functional groups attached to an aromatic ring is 1. The molecule has 0 bridgehead atoms. The van der Waals surface area contributed by atoms with Crippen molar-refractivity contribution in [3.05, 3.63) is 29.8 Å². The first kappa shape index (κ1) is 13.0. The minimum Gasteiger partial charge on any atom is -0.399 e. The number of hydrogen-bond donors (Lipinski definition) is 2. The van der Waals surface area contributed by atoms with E-state index >= 15 is 0 Å². The van der Waals surface area contributed by atoms with Gasteiger partial charge < -0.3 is 11.5 Å². The van der Waals surface area contributed by atoms with E-state index in [-0.39, 0.29) is 0 Å². The van der Waals surface area contributed by atoms with Gasteiger partial charge in [-0.1, -0.05) is 38.3 Å². The highest BCUT2D eigenvalue weighted by Crippen LogP contribution is 2.23. The lowest BCUT2D eigenvalue weighted by Crippen LogP contribution is -1.98. The van der Waals surface area contributed by atoms with Crippen molar-refractivity contribution < 1.29 is 0 Å². The van der Waals surface area contributed by atoms with Crippen molar-refractivity contribution in [1.29, 1.82) is 0 Å². The Labute approximate surface area is 99.0 Å². The summed E-state index contributed by atoms with van der Waals surface area (Å²) in [4.78, 5) is 0. The van der Waals surface area contributed by atoms with E-state index in [9.17, 15) is 0 Å². The Balaban J connectivity index is 2.27. The minimum atomic E-state index is 0.612. The smallest absolute Gasteiger partial charge is 0.0316 e. The summed E-state index contributed by atoms with van der Waals surface area (Å²) in [5, 5.41) is 0. The molecule has 0 aliphatic rings. The number of unbranched alkanes of at least 4 members (excludes halogenated alkanes) is 3. The van der Waals surface area contributed by atoms with Gasteiger partial charge in [-0.2, -0.15) is 0 Å². The van der Waals surface area contributed by atoms with Crippen LogP contribution < -0.4 is 11.5 Å². The maximum absolute atomic E-state index is 5.78. The van der Waals surface area contributed by atoms with Gasteiger partial charge in [0.05, 0.1) is 0 Å². The highest BCUT2D eigenvalue weighted by Gasteiger charge is 2.04. The van der Waals surface area contributed by atoms with E-state index < -0.39 is 0 Å². The van der Waals surface area contributed by atoms with Crippen LogP contribution in [0.2, 0.25) is 0 Å². The zero-order valence-corrected chi connectivity index (χ0v) is 10.3. The van der Waals surface area contributed by atoms with Crippen LogP contribution in [0, 0.1) is 0 Å². The Bertz CT molecular complexity index is 297. The van der Waals surface area contributed by atoms with E-state index in [1.807, 2.05) is 12.1 Å². The van der Waals surface area contributed by atoms with Crippen molar-refractivity contribution in [1.82, 2.24) is 0 Å². The molecular formula is C14H24N2. The van der Waals surface area contributed by atoms with Crippen LogP contribution in [0.25, 0.3) is 0 Å². The maximum atomic E-state index is 5.78. The van der Waals surface area contributed by atoms with Gasteiger partial charge >= 0.3 is 0 Å². The van der Waals surface area contributed by atoms with Gasteiger partial charge in [0, 0.05) is 5.69 Å². The molecule has 1 unspecified atom stereocenters. The lowest BCUT2D eigenvalue weighted by molar-refractivity contribution is 0.573. The van der Waals surface area contributed by atoms with Crippen molar-refractivity contribution in [3.63, 3.8) is 0 Å². The monoisotopic (exact) mass is 220 g/mol. The number of nitrogens with two attached hydrogens (primary N) is 2. The summed E-state index contributed by atoms with van der Waals surface area (Å²) in [6, 6.07) is 8.23. The van der Waals surface area contributed by atoms with Crippen molar-refractivity contribution in [2.24, 2.45) is 5.73 Å². The molecule has 4 N–H and O–H groups in total. The van der Waals surface area contributed by atoms with Crippen LogP contribution in [0.4, 0.5) is 5.69 Å². The Hall–Kier alpha value is -1.02. The van der Waals surface area contributed by atoms with E-state index in [1.54, 1.807) is 0 Å². The summed E-state index contributed by atoms with van der Waals surface area (Å²) in [7, 11) is 0. The second-order valence-electron chi connectivity index (χ2n) is 4.56. The van der Waals surface area contributed by atoms with Crippen LogP contribution in [0.3, 0.4) is 0 Å². The van der Waals surface area contributed by atoms with Crippen LogP contribution in [0.15, 0.2) is 24.3 Å². The zero-order chi connectivity index (χ0) is 11.8. The molecule has 0 aromatic heterocycles. The molecule has 1 rings (SSSR count). The topological polar surface area (TPSA) is 52.0 Å². The normalized spacial score (nSPS) is 12.6. The molecule has 0 aliphatic carbocycles. The molecular weight excluding hydrogens is 196 g/mol. The molecule has 1 aromatic rings. The Morgan fingerprint density at radius 2 is 1.88 bits per heavy atom. The summed E-state index contributed by atoms with van der Waals surface area (Å²) in [5.74, 6) is 0.612. The fraction of sp³-hybridized carbons (Fsp3) is 0.571. The summed E-state index contributed by atoms with van der Waals surface area (Å²) in [6.07, 6.45) is 6.25. The number of benzene rings is 1. The predicted molar refractivity (Wildman–Crippen MR) is 71.4 cm³/mol. The van der Waals surface area contributed by atoms with Crippen LogP contribution in [-0.4, -0.2) is 6.54 Å². The van der Waals surface area contributed by atoms with Crippen LogP contribution in [0.1, 0.15) is 50.5 Å². The first-order chi connectivity index (χ1) is 7.74. The van der Waals surface area contributed by atoms with Crippen molar-refractivity contribution in [3.8, 4) is 0 Å². The van der Waals surface area contributed by atoms with Crippen LogP contribution >= 0.6 is 0 Å². The third-order valence-corrected chi connectivity index (χ3v) is 3.07. The second kappa shape index (κ2) is 7.29. The molecule has 0 heterocycles. The lowest BCUT2D eigenvalue weighted by atomic mass is 9.94. The first-order valence-electron chi connectivity index (χ1n) is 6.29. The van der Waals surface area contributed by atoms with E-state index in [0.717, 1.165) is 18.7 Å². The number of rotatable bonds is 7. The largest absolute Gasteiger partial charge is 0.399 e. The van der Waals surface area contributed by atoms with Crippen molar-refractivity contribution in [2.75, 3.05) is 12.3 Å². The highest BCUT2D eigenvalue weighted by molar-refractivity contribution is 5.41. The van der Waals surface area contributed by atoms with Crippen molar-refractivity contribution in [2.45, 2.75) is 44.9 Å². The summed E-state index contributed by atoms with van der Waals surface area (Å²) in [5.41, 5.74) is 13.5. The molecule has 2 nitrogen and oxygen atoms in total. The Morgan fingerprint density at radius 3 is 2.56 bits per heavy atom. The van der Waals surface area contributed by atoms with Gasteiger partial charge in [-0.25, -0.2) is 0 Å². The second-order valence-corrected chi connectivity index (χ2v) is 4.56. The molecule has 1 aromatic carbocycles. The quantitative estimate of drug-likeness (QED) is 0.547. The van der Waals surface area contributed by atoms with Gasteiger partial charge in [-0.05, 0) is 43.0 Å². The number of hydrogen-bond acceptors (Lipinski definition) is 2. The van der Waals surface area contributed by atoms with Gasteiger partial charge in [0.1, 0.15) is 0 Å². The predicted octanol–water partition coefficient (Wildman–Crippen LogP) is 3.28. The van der Waals surface area contributed by atoms with Gasteiger partial charge in [-0.3, -0.25) is 0 Å². The zero-order valence-electron chi connectivity index (χ0n) is 10.3. The van der Waals surface area contributed by atoms with Crippen LogP contribution in [0.5, 0.6) is 0 Å². The molecule has 2 heteroatoms. The van der Waals surface area contributed by atoms with Gasteiger partial charge in [-0.15, -0.1) is 0 Å². The average molecular weight is 220 g/mol. The lowest BCUT2D eigenvalue weighted by Gasteiger charge is -2.12. The fourth-order valence-electron chi connectivity index (χ4n) is 1.98. The van der Waals surface area contributed by atoms with Crippen molar-refractivity contribution >= 4 is 5.69 Å². The van der Waals surface area contributed by atoms with Gasteiger partial charge in [0.25, 0.3) is 0 Å². The molecule has 0 saturated heterocycles. The minimum absolute atomic E-state index is 0.612. The maximum Gasteiger partial charge on any atom is 0.0316 e. The molecule has 0 spiro atoms. The third-order valence-electron chi connectivity index (χ3n) is 3.07. The molecule has 0 amide bonds. The fourth-order valence-corrected chi connectivity index (χ4v) is 1.98. The third kappa shape index (κ3) is 4.67. The molecule has 0 fully saturated rings. The Morgan fingerprint density at radius 1 is 1.12 bits per heavy atom. The summed E-state index contributed by atoms with van der Waals surface area (Å²) < 4.78 is 0.